The first-order chi connectivity index (χ1) is 19.5. The molecule has 3 atom stereocenters. The van der Waals surface area contributed by atoms with Gasteiger partial charge in [0.15, 0.2) is 11.6 Å². The normalized spacial score (nSPS) is 27.2. The zero-order valence-corrected chi connectivity index (χ0v) is 26.5. The molecule has 3 aliphatic rings. The van der Waals surface area contributed by atoms with E-state index in [0.29, 0.717) is 31.6 Å². The molecule has 0 aromatic heterocycles. The predicted octanol–water partition coefficient (Wildman–Crippen LogP) is 8.50. The molecule has 4 nitrogen and oxygen atoms in total. The number of allylic oxidation sites excluding steroid dienone is 5. The molecule has 0 saturated heterocycles. The number of rotatable bonds is 6. The molecule has 0 bridgehead atoms. The van der Waals surface area contributed by atoms with Gasteiger partial charge in [0, 0.05) is 19.3 Å². The minimum atomic E-state index is -0.913. The number of aliphatic hydroxyl groups excluding tert-OH is 1. The molecule has 5 rings (SSSR count). The summed E-state index contributed by atoms with van der Waals surface area (Å²) in [5.74, 6) is -0.110. The SMILES string of the molecule is C=C1C2=C(C)[C@@]3(C)C(=O)C(C(C)=O)=C(O)C[C@@]3(C)C[C@@]2(C)Cc2c(-c3ccc(CC(=O)CC(C)C)cc3)ccc(C)c21. The molecule has 2 aromatic rings. The van der Waals surface area contributed by atoms with Gasteiger partial charge in [-0.2, -0.15) is 0 Å². The molecule has 0 amide bonds. The van der Waals surface area contributed by atoms with Gasteiger partial charge in [-0.15, -0.1) is 0 Å². The number of fused-ring (bicyclic) bond motifs is 3. The fourth-order valence-electron chi connectivity index (χ4n) is 8.62. The second kappa shape index (κ2) is 10.0. The summed E-state index contributed by atoms with van der Waals surface area (Å²) in [6, 6.07) is 12.7. The highest BCUT2D eigenvalue weighted by atomic mass is 16.3. The summed E-state index contributed by atoms with van der Waals surface area (Å²) in [4.78, 5) is 38.9. The van der Waals surface area contributed by atoms with Gasteiger partial charge in [0.05, 0.1) is 11.0 Å². The molecule has 0 heterocycles. The van der Waals surface area contributed by atoms with Crippen molar-refractivity contribution in [3.8, 4) is 11.1 Å². The number of benzene rings is 2. The Balaban J connectivity index is 1.62. The number of aryl methyl sites for hydroxylation is 1. The van der Waals surface area contributed by atoms with Crippen molar-refractivity contribution < 1.29 is 19.5 Å². The Bertz CT molecular complexity index is 1610. The van der Waals surface area contributed by atoms with Gasteiger partial charge in [0.1, 0.15) is 11.5 Å². The predicted molar refractivity (Wildman–Crippen MR) is 169 cm³/mol. The van der Waals surface area contributed by atoms with Gasteiger partial charge in [0.25, 0.3) is 0 Å². The number of carbonyl (C=O) groups excluding carboxylic acids is 3. The third-order valence-corrected chi connectivity index (χ3v) is 10.6. The third-order valence-electron chi connectivity index (χ3n) is 10.6. The van der Waals surface area contributed by atoms with Gasteiger partial charge in [-0.25, -0.2) is 0 Å². The lowest BCUT2D eigenvalue weighted by atomic mass is 9.43. The maximum absolute atomic E-state index is 14.0. The number of carbonyl (C=O) groups is 3. The number of hydrogen-bond acceptors (Lipinski definition) is 4. The Morgan fingerprint density at radius 2 is 1.64 bits per heavy atom. The van der Waals surface area contributed by atoms with Crippen LogP contribution in [0.5, 0.6) is 0 Å². The number of hydrogen-bond donors (Lipinski definition) is 1. The van der Waals surface area contributed by atoms with Crippen LogP contribution >= 0.6 is 0 Å². The number of aliphatic hydroxyl groups is 1. The average molecular weight is 565 g/mol. The average Bonchev–Trinajstić information content (AvgIpc) is 2.86. The van der Waals surface area contributed by atoms with Crippen molar-refractivity contribution >= 4 is 22.9 Å². The van der Waals surface area contributed by atoms with Gasteiger partial charge < -0.3 is 5.11 Å². The maximum Gasteiger partial charge on any atom is 0.180 e. The van der Waals surface area contributed by atoms with Crippen LogP contribution in [-0.4, -0.2) is 22.5 Å². The van der Waals surface area contributed by atoms with E-state index in [2.05, 4.69) is 77.6 Å². The van der Waals surface area contributed by atoms with E-state index >= 15 is 0 Å². The Morgan fingerprint density at radius 3 is 2.24 bits per heavy atom. The van der Waals surface area contributed by atoms with Crippen LogP contribution in [0.1, 0.15) is 90.0 Å². The molecule has 0 saturated carbocycles. The summed E-state index contributed by atoms with van der Waals surface area (Å²) >= 11 is 0. The summed E-state index contributed by atoms with van der Waals surface area (Å²) in [7, 11) is 0. The Kier molecular flexibility index (Phi) is 7.16. The summed E-state index contributed by atoms with van der Waals surface area (Å²) < 4.78 is 0. The van der Waals surface area contributed by atoms with Crippen molar-refractivity contribution in [2.75, 3.05) is 0 Å². The van der Waals surface area contributed by atoms with Crippen molar-refractivity contribution in [1.82, 2.24) is 0 Å². The number of ketones is 3. The Labute approximate surface area is 250 Å². The molecule has 220 valence electrons. The zero-order valence-electron chi connectivity index (χ0n) is 26.5. The lowest BCUT2D eigenvalue weighted by molar-refractivity contribution is -0.135. The van der Waals surface area contributed by atoms with E-state index in [0.717, 1.165) is 51.0 Å². The Morgan fingerprint density at radius 1 is 1.00 bits per heavy atom. The molecule has 2 aromatic carbocycles. The molecular formula is C38H44O4. The molecule has 1 N–H and O–H groups in total. The third kappa shape index (κ3) is 4.37. The first-order valence-corrected chi connectivity index (χ1v) is 15.2. The highest BCUT2D eigenvalue weighted by molar-refractivity contribution is 6.23. The molecule has 0 fully saturated rings. The van der Waals surface area contributed by atoms with Gasteiger partial charge in [0.2, 0.25) is 0 Å². The van der Waals surface area contributed by atoms with Crippen LogP contribution in [0.3, 0.4) is 0 Å². The monoisotopic (exact) mass is 564 g/mol. The van der Waals surface area contributed by atoms with Crippen molar-refractivity contribution in [3.63, 3.8) is 0 Å². The van der Waals surface area contributed by atoms with Crippen LogP contribution in [0.2, 0.25) is 0 Å². The van der Waals surface area contributed by atoms with E-state index in [1.807, 2.05) is 13.8 Å². The molecule has 3 aliphatic carbocycles. The summed E-state index contributed by atoms with van der Waals surface area (Å²) in [6.45, 7) is 20.6. The van der Waals surface area contributed by atoms with Gasteiger partial charge >= 0.3 is 0 Å². The smallest absolute Gasteiger partial charge is 0.180 e. The summed E-state index contributed by atoms with van der Waals surface area (Å²) in [5.41, 5.74) is 8.05. The quantitative estimate of drug-likeness (QED) is 0.357. The van der Waals surface area contributed by atoms with Gasteiger partial charge in [-0.05, 0) is 102 Å². The van der Waals surface area contributed by atoms with Crippen molar-refractivity contribution in [2.45, 2.75) is 87.5 Å². The second-order valence-electron chi connectivity index (χ2n) is 14.3. The van der Waals surface area contributed by atoms with Gasteiger partial charge in [-0.1, -0.05) is 76.2 Å². The van der Waals surface area contributed by atoms with E-state index in [9.17, 15) is 19.5 Å². The van der Waals surface area contributed by atoms with Crippen LogP contribution in [0.4, 0.5) is 0 Å². The second-order valence-corrected chi connectivity index (χ2v) is 14.3. The zero-order chi connectivity index (χ0) is 30.9. The van der Waals surface area contributed by atoms with E-state index in [-0.39, 0.29) is 34.1 Å². The van der Waals surface area contributed by atoms with Gasteiger partial charge in [-0.3, -0.25) is 14.4 Å². The van der Waals surface area contributed by atoms with Crippen molar-refractivity contribution in [1.29, 1.82) is 0 Å². The molecule has 4 heteroatoms. The highest BCUT2D eigenvalue weighted by Gasteiger charge is 2.63. The summed E-state index contributed by atoms with van der Waals surface area (Å²) in [5, 5.41) is 10.9. The standard InChI is InChI=1S/C38H44O4/c1-21(2)16-28(40)17-26-11-13-27(14-12-26)29-15-10-22(3)32-23(4)34-24(5)38(9)35(42)33(25(6)39)31(41)19-37(38,8)20-36(34,7)18-30(29)32/h10-15,21,41H,4,16-20H2,1-3,5-9H3/t36-,37+,38+/m1/s1. The van der Waals surface area contributed by atoms with Crippen LogP contribution in [-0.2, 0) is 27.2 Å². The van der Waals surface area contributed by atoms with Crippen molar-refractivity contribution in [3.05, 3.63) is 87.7 Å². The number of Topliss-reactive ketones (excluding diaryl/α,β-unsaturated/α-hetero) is 3. The Hall–Kier alpha value is -3.53. The van der Waals surface area contributed by atoms with E-state index in [1.165, 1.54) is 12.5 Å². The molecule has 0 radical (unpaired) electrons. The van der Waals surface area contributed by atoms with E-state index in [4.69, 9.17) is 0 Å². The van der Waals surface area contributed by atoms with Crippen molar-refractivity contribution in [2.24, 2.45) is 22.2 Å². The fourth-order valence-corrected chi connectivity index (χ4v) is 8.62. The van der Waals surface area contributed by atoms with Crippen LogP contribution < -0.4 is 0 Å². The minimum absolute atomic E-state index is 0.0480. The molecule has 0 unspecified atom stereocenters. The highest BCUT2D eigenvalue weighted by Crippen LogP contribution is 2.68. The lowest BCUT2D eigenvalue weighted by Gasteiger charge is -2.59. The molecule has 42 heavy (non-hydrogen) atoms. The minimum Gasteiger partial charge on any atom is -0.511 e. The van der Waals surface area contributed by atoms with E-state index < -0.39 is 10.8 Å². The molecular weight excluding hydrogens is 520 g/mol. The van der Waals surface area contributed by atoms with Crippen LogP contribution in [0.15, 0.2) is 65.5 Å². The first-order valence-electron chi connectivity index (χ1n) is 15.2. The van der Waals surface area contributed by atoms with E-state index in [1.54, 1.807) is 0 Å². The lowest BCUT2D eigenvalue weighted by Crippen LogP contribution is -2.56. The van der Waals surface area contributed by atoms with Crippen LogP contribution in [0, 0.1) is 29.1 Å². The fraction of sp³-hybridized carbons (Fsp3) is 0.447. The summed E-state index contributed by atoms with van der Waals surface area (Å²) in [6.07, 6.45) is 2.81. The first kappa shape index (κ1) is 29.9. The molecule has 0 aliphatic heterocycles. The largest absolute Gasteiger partial charge is 0.511 e. The topological polar surface area (TPSA) is 71.4 Å². The van der Waals surface area contributed by atoms with Crippen LogP contribution in [0.25, 0.3) is 16.7 Å². The molecule has 0 spiro atoms. The maximum atomic E-state index is 14.0.